The summed E-state index contributed by atoms with van der Waals surface area (Å²) in [4.78, 5) is 0. The van der Waals surface area contributed by atoms with Gasteiger partial charge in [-0.25, -0.2) is 0 Å². The van der Waals surface area contributed by atoms with Crippen molar-refractivity contribution in [3.05, 3.63) is 0 Å². The second-order valence-electron chi connectivity index (χ2n) is 5.35. The molecule has 0 bridgehead atoms. The zero-order valence-corrected chi connectivity index (χ0v) is 14.1. The minimum Gasteiger partial charge on any atom is -0.383 e. The normalized spacial score (nSPS) is 25.6. The lowest BCUT2D eigenvalue weighted by Crippen LogP contribution is -2.54. The highest BCUT2D eigenvalue weighted by Gasteiger charge is 2.27. The molecule has 5 nitrogen and oxygen atoms in total. The fourth-order valence-electron chi connectivity index (χ4n) is 2.41. The van der Waals surface area contributed by atoms with Crippen molar-refractivity contribution >= 4 is 34.7 Å². The molecule has 0 saturated heterocycles. The van der Waals surface area contributed by atoms with Gasteiger partial charge >= 0.3 is 0 Å². The molecule has 0 spiro atoms. The lowest BCUT2D eigenvalue weighted by atomic mass is 9.78. The summed E-state index contributed by atoms with van der Waals surface area (Å²) in [7, 11) is 1.65. The van der Waals surface area contributed by atoms with E-state index in [4.69, 9.17) is 29.2 Å². The van der Waals surface area contributed by atoms with Gasteiger partial charge < -0.3 is 15.4 Å². The van der Waals surface area contributed by atoms with Crippen LogP contribution in [0.25, 0.3) is 0 Å². The first-order chi connectivity index (χ1) is 9.54. The molecule has 0 aromatic rings. The Hall–Kier alpha value is -0.660. The van der Waals surface area contributed by atoms with Crippen LogP contribution >= 0.6 is 24.4 Å². The molecule has 3 atom stereocenters. The third-order valence-corrected chi connectivity index (χ3v) is 4.37. The summed E-state index contributed by atoms with van der Waals surface area (Å²) in [5.41, 5.74) is 5.79. The largest absolute Gasteiger partial charge is 0.383 e. The molecular weight excluding hydrogens is 292 g/mol. The zero-order valence-electron chi connectivity index (χ0n) is 12.5. The zero-order chi connectivity index (χ0) is 15.0. The monoisotopic (exact) mass is 318 g/mol. The SMILES string of the molecule is COCCNC(=S)NNC(=S)N[C@H]1CCC[C@H](C)[C@H]1C. The van der Waals surface area contributed by atoms with Gasteiger partial charge in [0.1, 0.15) is 0 Å². The topological polar surface area (TPSA) is 57.4 Å². The van der Waals surface area contributed by atoms with Gasteiger partial charge in [-0.3, -0.25) is 10.9 Å². The third kappa shape index (κ3) is 6.19. The molecule has 1 fully saturated rings. The van der Waals surface area contributed by atoms with Gasteiger partial charge in [0.2, 0.25) is 0 Å². The summed E-state index contributed by atoms with van der Waals surface area (Å²) < 4.78 is 4.93. The van der Waals surface area contributed by atoms with Crippen LogP contribution in [0, 0.1) is 11.8 Å². The molecular formula is C13H26N4OS2. The number of hydrogen-bond acceptors (Lipinski definition) is 3. The predicted octanol–water partition coefficient (Wildman–Crippen LogP) is 1.30. The third-order valence-electron chi connectivity index (χ3n) is 3.90. The molecule has 4 N–H and O–H groups in total. The molecule has 0 aromatic carbocycles. The standard InChI is InChI=1S/C13H26N4OS2/c1-9-5-4-6-11(10(9)2)15-13(20)17-16-12(19)14-7-8-18-3/h9-11H,4-8H2,1-3H3,(H2,14,16,19)(H2,15,17,20)/t9-,10+,11-/m0/s1. The van der Waals surface area contributed by atoms with E-state index in [2.05, 4.69) is 35.3 Å². The summed E-state index contributed by atoms with van der Waals surface area (Å²) in [6, 6.07) is 0.440. The van der Waals surface area contributed by atoms with Crippen LogP contribution in [0.5, 0.6) is 0 Å². The maximum Gasteiger partial charge on any atom is 0.185 e. The first-order valence-electron chi connectivity index (χ1n) is 7.14. The number of hydrazine groups is 1. The highest BCUT2D eigenvalue weighted by molar-refractivity contribution is 7.80. The van der Waals surface area contributed by atoms with Gasteiger partial charge in [-0.2, -0.15) is 0 Å². The van der Waals surface area contributed by atoms with Gasteiger partial charge in [0, 0.05) is 19.7 Å². The van der Waals surface area contributed by atoms with E-state index in [9.17, 15) is 0 Å². The van der Waals surface area contributed by atoms with Gasteiger partial charge in [-0.05, 0) is 42.7 Å². The van der Waals surface area contributed by atoms with E-state index < -0.39 is 0 Å². The molecule has 116 valence electrons. The van der Waals surface area contributed by atoms with Crippen LogP contribution in [-0.4, -0.2) is 36.5 Å². The van der Waals surface area contributed by atoms with Crippen molar-refractivity contribution in [2.45, 2.75) is 39.2 Å². The van der Waals surface area contributed by atoms with E-state index in [1.54, 1.807) is 7.11 Å². The van der Waals surface area contributed by atoms with Crippen LogP contribution in [0.15, 0.2) is 0 Å². The molecule has 7 heteroatoms. The van der Waals surface area contributed by atoms with E-state index in [1.807, 2.05) is 0 Å². The van der Waals surface area contributed by atoms with E-state index in [-0.39, 0.29) is 0 Å². The van der Waals surface area contributed by atoms with E-state index >= 15 is 0 Å². The quantitative estimate of drug-likeness (QED) is 0.354. The Labute approximate surface area is 132 Å². The fourth-order valence-corrected chi connectivity index (χ4v) is 2.77. The lowest BCUT2D eigenvalue weighted by molar-refractivity contribution is 0.204. The number of rotatable bonds is 4. The van der Waals surface area contributed by atoms with Gasteiger partial charge in [0.25, 0.3) is 0 Å². The highest BCUT2D eigenvalue weighted by atomic mass is 32.1. The maximum atomic E-state index is 5.28. The Morgan fingerprint density at radius 3 is 2.55 bits per heavy atom. The minimum atomic E-state index is 0.440. The second kappa shape index (κ2) is 9.31. The van der Waals surface area contributed by atoms with Crippen LogP contribution in [0.3, 0.4) is 0 Å². The number of hydrogen-bond donors (Lipinski definition) is 4. The second-order valence-corrected chi connectivity index (χ2v) is 6.16. The van der Waals surface area contributed by atoms with E-state index in [0.717, 1.165) is 5.92 Å². The smallest absolute Gasteiger partial charge is 0.185 e. The Kier molecular flexibility index (Phi) is 8.09. The van der Waals surface area contributed by atoms with Crippen LogP contribution < -0.4 is 21.5 Å². The maximum absolute atomic E-state index is 5.28. The molecule has 0 aromatic heterocycles. The summed E-state index contributed by atoms with van der Waals surface area (Å²) in [6.07, 6.45) is 3.74. The molecule has 1 rings (SSSR count). The number of methoxy groups -OCH3 is 1. The van der Waals surface area contributed by atoms with Gasteiger partial charge in [-0.1, -0.05) is 26.7 Å². The van der Waals surface area contributed by atoms with Gasteiger partial charge in [-0.15, -0.1) is 0 Å². The van der Waals surface area contributed by atoms with Crippen LogP contribution in [-0.2, 0) is 4.74 Å². The molecule has 0 unspecified atom stereocenters. The van der Waals surface area contributed by atoms with Crippen LogP contribution in [0.1, 0.15) is 33.1 Å². The molecule has 1 saturated carbocycles. The first-order valence-corrected chi connectivity index (χ1v) is 7.95. The Morgan fingerprint density at radius 2 is 1.85 bits per heavy atom. The van der Waals surface area contributed by atoms with Crippen molar-refractivity contribution in [1.29, 1.82) is 0 Å². The first kappa shape index (κ1) is 17.4. The Balaban J connectivity index is 2.21. The van der Waals surface area contributed by atoms with Crippen molar-refractivity contribution < 1.29 is 4.74 Å². The highest BCUT2D eigenvalue weighted by Crippen LogP contribution is 2.29. The number of thiocarbonyl (C=S) groups is 2. The summed E-state index contributed by atoms with van der Waals surface area (Å²) >= 11 is 10.4. The molecule has 1 aliphatic rings. The molecule has 0 heterocycles. The number of nitrogens with one attached hydrogen (secondary N) is 4. The van der Waals surface area contributed by atoms with Crippen LogP contribution in [0.2, 0.25) is 0 Å². The lowest BCUT2D eigenvalue weighted by Gasteiger charge is -2.35. The number of ether oxygens (including phenoxy) is 1. The summed E-state index contributed by atoms with van der Waals surface area (Å²) in [5.74, 6) is 1.38. The van der Waals surface area contributed by atoms with Crippen molar-refractivity contribution in [2.75, 3.05) is 20.3 Å². The van der Waals surface area contributed by atoms with E-state index in [0.29, 0.717) is 35.3 Å². The predicted molar refractivity (Wildman–Crippen MR) is 90.4 cm³/mol. The van der Waals surface area contributed by atoms with Gasteiger partial charge in [0.15, 0.2) is 10.2 Å². The molecule has 0 amide bonds. The molecule has 20 heavy (non-hydrogen) atoms. The molecule has 0 aliphatic heterocycles. The Morgan fingerprint density at radius 1 is 1.15 bits per heavy atom. The summed E-state index contributed by atoms with van der Waals surface area (Å²) in [6.45, 7) is 5.87. The van der Waals surface area contributed by atoms with Crippen molar-refractivity contribution in [1.82, 2.24) is 21.5 Å². The van der Waals surface area contributed by atoms with Gasteiger partial charge in [0.05, 0.1) is 6.61 Å². The van der Waals surface area contributed by atoms with Crippen molar-refractivity contribution in [3.63, 3.8) is 0 Å². The minimum absolute atomic E-state index is 0.440. The van der Waals surface area contributed by atoms with Crippen molar-refractivity contribution in [2.24, 2.45) is 11.8 Å². The van der Waals surface area contributed by atoms with Crippen LogP contribution in [0.4, 0.5) is 0 Å². The summed E-state index contributed by atoms with van der Waals surface area (Å²) in [5, 5.41) is 7.47. The van der Waals surface area contributed by atoms with Crippen molar-refractivity contribution in [3.8, 4) is 0 Å². The fraction of sp³-hybridized carbons (Fsp3) is 0.846. The molecule has 1 aliphatic carbocycles. The average Bonchev–Trinajstić information content (AvgIpc) is 2.42. The average molecular weight is 319 g/mol. The molecule has 0 radical (unpaired) electrons. The Bertz CT molecular complexity index is 327. The van der Waals surface area contributed by atoms with E-state index in [1.165, 1.54) is 19.3 Å².